The Morgan fingerprint density at radius 1 is 1.08 bits per heavy atom. The Morgan fingerprint density at radius 2 is 1.89 bits per heavy atom. The summed E-state index contributed by atoms with van der Waals surface area (Å²) < 4.78 is 33.2. The number of rotatable bonds is 6. The summed E-state index contributed by atoms with van der Waals surface area (Å²) in [6.45, 7) is 1.01. The van der Waals surface area contributed by atoms with Gasteiger partial charge in [0.2, 0.25) is 0 Å². The molecule has 192 valence electrons. The highest BCUT2D eigenvalue weighted by Gasteiger charge is 2.43. The lowest BCUT2D eigenvalue weighted by atomic mass is 9.74. The number of halogens is 1. The Bertz CT molecular complexity index is 1630. The fraction of sp³-hybridized carbons (Fsp3) is 0.241. The van der Waals surface area contributed by atoms with Gasteiger partial charge in [0, 0.05) is 37.1 Å². The molecule has 1 aliphatic heterocycles. The van der Waals surface area contributed by atoms with Crippen LogP contribution in [0.1, 0.15) is 24.0 Å². The van der Waals surface area contributed by atoms with Gasteiger partial charge in [-0.2, -0.15) is 0 Å². The lowest BCUT2D eigenvalue weighted by Gasteiger charge is -2.35. The molecule has 1 saturated heterocycles. The number of ether oxygens (including phenoxy) is 3. The quantitative estimate of drug-likeness (QED) is 0.300. The van der Waals surface area contributed by atoms with E-state index in [1.807, 2.05) is 40.8 Å². The number of hydrogen-bond donors (Lipinski definition) is 0. The van der Waals surface area contributed by atoms with E-state index in [1.165, 1.54) is 19.2 Å². The smallest absolute Gasteiger partial charge is 0.316 e. The molecule has 0 radical (unpaired) electrons. The molecule has 0 spiro atoms. The largest absolute Gasteiger partial charge is 0.489 e. The van der Waals surface area contributed by atoms with E-state index >= 15 is 0 Å². The minimum Gasteiger partial charge on any atom is -0.489 e. The molecule has 9 heteroatoms. The van der Waals surface area contributed by atoms with Crippen molar-refractivity contribution in [2.75, 3.05) is 20.3 Å². The normalized spacial score (nSPS) is 15.0. The molecule has 1 aliphatic rings. The van der Waals surface area contributed by atoms with Crippen molar-refractivity contribution in [2.24, 2.45) is 0 Å². The highest BCUT2D eigenvalue weighted by Crippen LogP contribution is 2.38. The molecular formula is C29H25FN4O4. The van der Waals surface area contributed by atoms with Crippen molar-refractivity contribution in [3.05, 3.63) is 90.3 Å². The minimum absolute atomic E-state index is 0.205. The summed E-state index contributed by atoms with van der Waals surface area (Å²) >= 11 is 0. The van der Waals surface area contributed by atoms with Gasteiger partial charge in [0.15, 0.2) is 5.65 Å². The zero-order valence-corrected chi connectivity index (χ0v) is 20.8. The van der Waals surface area contributed by atoms with Gasteiger partial charge in [-0.15, -0.1) is 10.2 Å². The van der Waals surface area contributed by atoms with Crippen LogP contribution in [0.4, 0.5) is 4.39 Å². The van der Waals surface area contributed by atoms with Crippen LogP contribution in [0, 0.1) is 5.82 Å². The second kappa shape index (κ2) is 9.83. The number of pyridine rings is 2. The third-order valence-electron chi connectivity index (χ3n) is 7.20. The fourth-order valence-electron chi connectivity index (χ4n) is 5.21. The maximum atomic E-state index is 14.7. The predicted octanol–water partition coefficient (Wildman–Crippen LogP) is 4.88. The van der Waals surface area contributed by atoms with Crippen molar-refractivity contribution in [1.82, 2.24) is 19.6 Å². The molecule has 0 atom stereocenters. The maximum absolute atomic E-state index is 14.7. The van der Waals surface area contributed by atoms with Crippen LogP contribution < -0.4 is 4.74 Å². The third kappa shape index (κ3) is 4.24. The lowest BCUT2D eigenvalue weighted by Crippen LogP contribution is -2.42. The van der Waals surface area contributed by atoms with Gasteiger partial charge >= 0.3 is 5.97 Å². The predicted molar refractivity (Wildman–Crippen MR) is 138 cm³/mol. The van der Waals surface area contributed by atoms with Gasteiger partial charge in [-0.1, -0.05) is 12.1 Å². The van der Waals surface area contributed by atoms with Crippen molar-refractivity contribution in [3.8, 4) is 16.9 Å². The van der Waals surface area contributed by atoms with E-state index in [0.29, 0.717) is 37.4 Å². The molecule has 2 aromatic carbocycles. The van der Waals surface area contributed by atoms with Gasteiger partial charge in [0.25, 0.3) is 0 Å². The Morgan fingerprint density at radius 3 is 2.68 bits per heavy atom. The summed E-state index contributed by atoms with van der Waals surface area (Å²) in [5.41, 5.74) is 4.16. The topological polar surface area (TPSA) is 87.8 Å². The Hall–Kier alpha value is -4.37. The van der Waals surface area contributed by atoms with Crippen molar-refractivity contribution in [1.29, 1.82) is 0 Å². The number of esters is 1. The van der Waals surface area contributed by atoms with Crippen LogP contribution in [-0.4, -0.2) is 45.9 Å². The summed E-state index contributed by atoms with van der Waals surface area (Å²) in [5.74, 6) is -0.524. The number of aromatic nitrogens is 4. The van der Waals surface area contributed by atoms with Gasteiger partial charge in [0.05, 0.1) is 18.0 Å². The van der Waals surface area contributed by atoms with Gasteiger partial charge in [-0.05, 0) is 71.5 Å². The third-order valence-corrected chi connectivity index (χ3v) is 7.20. The first-order valence-corrected chi connectivity index (χ1v) is 12.3. The highest BCUT2D eigenvalue weighted by molar-refractivity contribution is 5.97. The molecule has 0 saturated carbocycles. The summed E-state index contributed by atoms with van der Waals surface area (Å²) in [6, 6.07) is 16.4. The van der Waals surface area contributed by atoms with E-state index in [1.54, 1.807) is 24.8 Å². The molecule has 8 nitrogen and oxygen atoms in total. The number of benzene rings is 2. The van der Waals surface area contributed by atoms with Crippen LogP contribution in [0.15, 0.2) is 73.3 Å². The first-order chi connectivity index (χ1) is 18.6. The maximum Gasteiger partial charge on any atom is 0.316 e. The standard InChI is InChI=1S/C29H25FN4O4/c1-36-28(35)29(6-10-37-11-7-29)21-13-22(30)15-23(14-21)38-17-19-2-3-24-25(20-4-8-31-9-5-20)16-27-33-32-18-34(27)26(24)12-19/h2-5,8-9,12-16,18H,6-7,10-11,17H2,1H3. The van der Waals surface area contributed by atoms with E-state index in [9.17, 15) is 9.18 Å². The van der Waals surface area contributed by atoms with E-state index in [0.717, 1.165) is 33.2 Å². The van der Waals surface area contributed by atoms with Crippen molar-refractivity contribution in [2.45, 2.75) is 24.9 Å². The summed E-state index contributed by atoms with van der Waals surface area (Å²) in [6.07, 6.45) is 6.03. The van der Waals surface area contributed by atoms with Crippen molar-refractivity contribution in [3.63, 3.8) is 0 Å². The molecule has 0 N–H and O–H groups in total. The number of carbonyl (C=O) groups is 1. The summed E-state index contributed by atoms with van der Waals surface area (Å²) in [5, 5.41) is 9.36. The Balaban J connectivity index is 1.33. The van der Waals surface area contributed by atoms with Gasteiger partial charge in [-0.25, -0.2) is 4.39 Å². The minimum atomic E-state index is -0.959. The monoisotopic (exact) mass is 512 g/mol. The molecule has 6 rings (SSSR count). The highest BCUT2D eigenvalue weighted by atomic mass is 19.1. The van der Waals surface area contributed by atoms with Crippen LogP contribution in [-0.2, 0) is 26.3 Å². The Kier molecular flexibility index (Phi) is 6.21. The Labute approximate surface area is 218 Å². The lowest BCUT2D eigenvalue weighted by molar-refractivity contribution is -0.151. The molecule has 0 amide bonds. The molecule has 0 unspecified atom stereocenters. The molecule has 0 aliphatic carbocycles. The first kappa shape index (κ1) is 24.0. The number of fused-ring (bicyclic) bond motifs is 3. The number of methoxy groups -OCH3 is 1. The SMILES string of the molecule is COC(=O)C1(c2cc(F)cc(OCc3ccc4c(-c5ccncc5)cc5nncn5c4c3)c2)CCOCC1. The number of carbonyl (C=O) groups excluding carboxylic acids is 1. The number of nitrogens with zero attached hydrogens (tertiary/aromatic N) is 4. The van der Waals surface area contributed by atoms with Gasteiger partial charge in [-0.3, -0.25) is 14.2 Å². The van der Waals surface area contributed by atoms with Crippen LogP contribution in [0.5, 0.6) is 5.75 Å². The average molecular weight is 513 g/mol. The molecule has 1 fully saturated rings. The number of hydrogen-bond acceptors (Lipinski definition) is 7. The second-order valence-corrected chi connectivity index (χ2v) is 9.35. The van der Waals surface area contributed by atoms with Crippen LogP contribution in [0.2, 0.25) is 0 Å². The van der Waals surface area contributed by atoms with E-state index in [2.05, 4.69) is 15.2 Å². The van der Waals surface area contributed by atoms with Gasteiger partial charge in [0.1, 0.15) is 24.5 Å². The molecule has 3 aromatic heterocycles. The zero-order valence-electron chi connectivity index (χ0n) is 20.8. The van der Waals surface area contributed by atoms with Gasteiger partial charge < -0.3 is 14.2 Å². The summed E-state index contributed by atoms with van der Waals surface area (Å²) in [4.78, 5) is 16.9. The van der Waals surface area contributed by atoms with E-state index < -0.39 is 17.2 Å². The van der Waals surface area contributed by atoms with Crippen molar-refractivity contribution >= 4 is 22.5 Å². The van der Waals surface area contributed by atoms with Crippen LogP contribution in [0.3, 0.4) is 0 Å². The van der Waals surface area contributed by atoms with Crippen LogP contribution >= 0.6 is 0 Å². The molecule has 5 aromatic rings. The van der Waals surface area contributed by atoms with Crippen LogP contribution in [0.25, 0.3) is 27.7 Å². The van der Waals surface area contributed by atoms with Crippen molar-refractivity contribution < 1.29 is 23.4 Å². The zero-order chi connectivity index (χ0) is 26.1. The first-order valence-electron chi connectivity index (χ1n) is 12.3. The molecule has 4 heterocycles. The molecule has 0 bridgehead atoms. The molecule has 38 heavy (non-hydrogen) atoms. The second-order valence-electron chi connectivity index (χ2n) is 9.35. The summed E-state index contributed by atoms with van der Waals surface area (Å²) in [7, 11) is 1.35. The van der Waals surface area contributed by atoms with E-state index in [-0.39, 0.29) is 6.61 Å². The average Bonchev–Trinajstić information content (AvgIpc) is 3.45. The molecular weight excluding hydrogens is 487 g/mol. The fourth-order valence-corrected chi connectivity index (χ4v) is 5.21. The van der Waals surface area contributed by atoms with E-state index in [4.69, 9.17) is 14.2 Å².